The van der Waals surface area contributed by atoms with Crippen LogP contribution in [0.5, 0.6) is 0 Å². The first kappa shape index (κ1) is 15.8. The number of rotatable bonds is 4. The van der Waals surface area contributed by atoms with Gasteiger partial charge in [0.2, 0.25) is 10.0 Å². The van der Waals surface area contributed by atoms with Gasteiger partial charge in [-0.1, -0.05) is 31.0 Å². The molecule has 1 aromatic carbocycles. The van der Waals surface area contributed by atoms with Crippen LogP contribution >= 0.6 is 11.6 Å². The van der Waals surface area contributed by atoms with Gasteiger partial charge in [0.1, 0.15) is 0 Å². The fraction of sp³-hybridized carbons (Fsp3) is 0.571. The highest BCUT2D eigenvalue weighted by Gasteiger charge is 2.29. The zero-order chi connectivity index (χ0) is 14.8. The predicted molar refractivity (Wildman–Crippen MR) is 79.1 cm³/mol. The number of piperidine rings is 1. The van der Waals surface area contributed by atoms with Crippen molar-refractivity contribution in [1.82, 2.24) is 4.31 Å². The Morgan fingerprint density at radius 1 is 1.35 bits per heavy atom. The number of hydrogen-bond donors (Lipinski definition) is 1. The minimum Gasteiger partial charge on any atom is -0.392 e. The maximum atomic E-state index is 12.5. The van der Waals surface area contributed by atoms with Crippen molar-refractivity contribution in [2.45, 2.75) is 37.7 Å². The minimum atomic E-state index is -3.47. The van der Waals surface area contributed by atoms with E-state index < -0.39 is 10.0 Å². The molecule has 1 saturated heterocycles. The molecule has 0 atom stereocenters. The van der Waals surface area contributed by atoms with Gasteiger partial charge >= 0.3 is 0 Å². The van der Waals surface area contributed by atoms with Gasteiger partial charge in [0.15, 0.2) is 0 Å². The first-order valence-corrected chi connectivity index (χ1v) is 8.70. The second-order valence-electron chi connectivity index (χ2n) is 5.17. The maximum absolute atomic E-state index is 12.5. The molecule has 1 aliphatic rings. The van der Waals surface area contributed by atoms with Crippen LogP contribution in [0.25, 0.3) is 0 Å². The second-order valence-corrected chi connectivity index (χ2v) is 7.51. The molecule has 0 aliphatic carbocycles. The molecule has 0 unspecified atom stereocenters. The molecule has 0 radical (unpaired) electrons. The quantitative estimate of drug-likeness (QED) is 0.928. The van der Waals surface area contributed by atoms with Gasteiger partial charge in [-0.2, -0.15) is 4.31 Å². The molecule has 1 fully saturated rings. The molecule has 1 N–H and O–H groups in total. The summed E-state index contributed by atoms with van der Waals surface area (Å²) in [5, 5.41) is 9.36. The monoisotopic (exact) mass is 317 g/mol. The van der Waals surface area contributed by atoms with E-state index in [0.717, 1.165) is 19.3 Å². The summed E-state index contributed by atoms with van der Waals surface area (Å²) in [6.07, 6.45) is 2.93. The maximum Gasteiger partial charge on any atom is 0.243 e. The molecular formula is C14H20ClNO3S. The van der Waals surface area contributed by atoms with Crippen molar-refractivity contribution < 1.29 is 13.5 Å². The lowest BCUT2D eigenvalue weighted by molar-refractivity contribution is 0.269. The van der Waals surface area contributed by atoms with Gasteiger partial charge in [-0.25, -0.2) is 8.42 Å². The van der Waals surface area contributed by atoms with Crippen molar-refractivity contribution in [2.24, 2.45) is 5.92 Å². The molecule has 0 aromatic heterocycles. The van der Waals surface area contributed by atoms with E-state index in [1.54, 1.807) is 6.07 Å². The van der Waals surface area contributed by atoms with Crippen LogP contribution in [0.2, 0.25) is 5.02 Å². The van der Waals surface area contributed by atoms with Crippen LogP contribution in [0.4, 0.5) is 0 Å². The molecule has 1 aromatic rings. The lowest BCUT2D eigenvalue weighted by Gasteiger charge is -2.30. The Bertz CT molecular complexity index is 566. The van der Waals surface area contributed by atoms with Crippen LogP contribution in [0, 0.1) is 5.92 Å². The third kappa shape index (κ3) is 3.17. The SMILES string of the molecule is CCC1CCN(S(=O)(=O)c2ccc(CO)c(Cl)c2)CC1. The number of sulfonamides is 1. The van der Waals surface area contributed by atoms with E-state index >= 15 is 0 Å². The molecule has 0 amide bonds. The molecule has 0 spiro atoms. The highest BCUT2D eigenvalue weighted by Crippen LogP contribution is 2.27. The Labute approximate surface area is 125 Å². The molecule has 20 heavy (non-hydrogen) atoms. The van der Waals surface area contributed by atoms with Crippen LogP contribution in [-0.4, -0.2) is 30.9 Å². The summed E-state index contributed by atoms with van der Waals surface area (Å²) in [5.41, 5.74) is 0.537. The number of aliphatic hydroxyl groups is 1. The normalized spacial score (nSPS) is 18.4. The Morgan fingerprint density at radius 2 is 2.00 bits per heavy atom. The fourth-order valence-corrected chi connectivity index (χ4v) is 4.33. The summed E-state index contributed by atoms with van der Waals surface area (Å²) in [4.78, 5) is 0.203. The largest absolute Gasteiger partial charge is 0.392 e. The minimum absolute atomic E-state index is 0.193. The van der Waals surface area contributed by atoms with Crippen molar-refractivity contribution in [3.05, 3.63) is 28.8 Å². The van der Waals surface area contributed by atoms with E-state index in [9.17, 15) is 8.42 Å². The molecule has 1 heterocycles. The molecule has 4 nitrogen and oxygen atoms in total. The molecule has 0 bridgehead atoms. The summed E-state index contributed by atoms with van der Waals surface area (Å²) in [5.74, 6) is 0.627. The van der Waals surface area contributed by atoms with Crippen LogP contribution < -0.4 is 0 Å². The highest BCUT2D eigenvalue weighted by molar-refractivity contribution is 7.89. The molecule has 2 rings (SSSR count). The van der Waals surface area contributed by atoms with E-state index in [4.69, 9.17) is 16.7 Å². The van der Waals surface area contributed by atoms with Gasteiger partial charge in [-0.3, -0.25) is 0 Å². The van der Waals surface area contributed by atoms with Crippen molar-refractivity contribution in [3.8, 4) is 0 Å². The highest BCUT2D eigenvalue weighted by atomic mass is 35.5. The molecule has 0 saturated carbocycles. The number of hydrogen-bond acceptors (Lipinski definition) is 3. The Hall–Kier alpha value is -0.620. The Balaban J connectivity index is 2.20. The average Bonchev–Trinajstić information content (AvgIpc) is 2.47. The van der Waals surface area contributed by atoms with Crippen LogP contribution in [0.15, 0.2) is 23.1 Å². The zero-order valence-corrected chi connectivity index (χ0v) is 13.1. The van der Waals surface area contributed by atoms with Gasteiger partial charge in [-0.15, -0.1) is 0 Å². The topological polar surface area (TPSA) is 57.6 Å². The average molecular weight is 318 g/mol. The number of aliphatic hydroxyl groups excluding tert-OH is 1. The second kappa shape index (κ2) is 6.43. The molecular weight excluding hydrogens is 298 g/mol. The van der Waals surface area contributed by atoms with Gasteiger partial charge in [0.05, 0.1) is 11.5 Å². The van der Waals surface area contributed by atoms with Crippen molar-refractivity contribution >= 4 is 21.6 Å². The summed E-state index contributed by atoms with van der Waals surface area (Å²) in [6, 6.07) is 4.50. The molecule has 6 heteroatoms. The third-order valence-electron chi connectivity index (χ3n) is 3.98. The van der Waals surface area contributed by atoms with Crippen LogP contribution in [0.1, 0.15) is 31.7 Å². The smallest absolute Gasteiger partial charge is 0.243 e. The van der Waals surface area contributed by atoms with E-state index in [1.807, 2.05) is 0 Å². The van der Waals surface area contributed by atoms with E-state index in [-0.39, 0.29) is 16.5 Å². The standard InChI is InChI=1S/C14H20ClNO3S/c1-2-11-5-7-16(8-6-11)20(18,19)13-4-3-12(10-17)14(15)9-13/h3-4,9,11,17H,2,5-8,10H2,1H3. The summed E-state index contributed by atoms with van der Waals surface area (Å²) in [7, 11) is -3.47. The zero-order valence-electron chi connectivity index (χ0n) is 11.5. The first-order chi connectivity index (χ1) is 9.48. The Morgan fingerprint density at radius 3 is 2.50 bits per heavy atom. The van der Waals surface area contributed by atoms with E-state index in [0.29, 0.717) is 24.6 Å². The van der Waals surface area contributed by atoms with Crippen LogP contribution in [-0.2, 0) is 16.6 Å². The van der Waals surface area contributed by atoms with Gasteiger partial charge in [0.25, 0.3) is 0 Å². The van der Waals surface area contributed by atoms with Crippen molar-refractivity contribution in [2.75, 3.05) is 13.1 Å². The third-order valence-corrected chi connectivity index (χ3v) is 6.23. The first-order valence-electron chi connectivity index (χ1n) is 6.88. The summed E-state index contributed by atoms with van der Waals surface area (Å²) < 4.78 is 26.6. The van der Waals surface area contributed by atoms with E-state index in [1.165, 1.54) is 16.4 Å². The molecule has 112 valence electrons. The molecule has 1 aliphatic heterocycles. The van der Waals surface area contributed by atoms with E-state index in [2.05, 4.69) is 6.92 Å². The summed E-state index contributed by atoms with van der Waals surface area (Å²) >= 11 is 5.98. The van der Waals surface area contributed by atoms with Gasteiger partial charge < -0.3 is 5.11 Å². The lowest BCUT2D eigenvalue weighted by atomic mass is 9.96. The van der Waals surface area contributed by atoms with Gasteiger partial charge in [0, 0.05) is 18.1 Å². The lowest BCUT2D eigenvalue weighted by Crippen LogP contribution is -2.38. The number of nitrogens with zero attached hydrogens (tertiary/aromatic N) is 1. The summed E-state index contributed by atoms with van der Waals surface area (Å²) in [6.45, 7) is 3.09. The van der Waals surface area contributed by atoms with Crippen LogP contribution in [0.3, 0.4) is 0 Å². The predicted octanol–water partition coefficient (Wildman–Crippen LogP) is 2.64. The van der Waals surface area contributed by atoms with Crippen molar-refractivity contribution in [1.29, 1.82) is 0 Å². The number of benzene rings is 1. The van der Waals surface area contributed by atoms with Crippen molar-refractivity contribution in [3.63, 3.8) is 0 Å². The number of halogens is 1. The van der Waals surface area contributed by atoms with Gasteiger partial charge in [-0.05, 0) is 36.5 Å². The Kier molecular flexibility index (Phi) is 5.07. The fourth-order valence-electron chi connectivity index (χ4n) is 2.52.